The number of benzene rings is 1. The van der Waals surface area contributed by atoms with Gasteiger partial charge in [0.1, 0.15) is 0 Å². The number of hydrogen-bond acceptors (Lipinski definition) is 5. The summed E-state index contributed by atoms with van der Waals surface area (Å²) in [4.78, 5) is 21.8. The third-order valence-electron chi connectivity index (χ3n) is 2.79. The Morgan fingerprint density at radius 2 is 2.18 bits per heavy atom. The van der Waals surface area contributed by atoms with Crippen molar-refractivity contribution < 1.29 is 14.5 Å². The molecule has 0 atom stereocenters. The SMILES string of the molecule is Cn1cccc1C=NNC(=O)COc1ccccc1[N+](=O)[O-]. The number of carbonyl (C=O) groups excluding carboxylic acids is 1. The zero-order chi connectivity index (χ0) is 15.9. The van der Waals surface area contributed by atoms with Gasteiger partial charge in [-0.3, -0.25) is 14.9 Å². The number of nitro groups is 1. The highest BCUT2D eigenvalue weighted by molar-refractivity contribution is 5.81. The molecule has 114 valence electrons. The molecular formula is C14H14N4O4. The molecule has 2 rings (SSSR count). The minimum Gasteiger partial charge on any atom is -0.477 e. The number of nitrogens with one attached hydrogen (secondary N) is 1. The largest absolute Gasteiger partial charge is 0.477 e. The van der Waals surface area contributed by atoms with Crippen molar-refractivity contribution in [3.05, 3.63) is 58.4 Å². The maximum absolute atomic E-state index is 11.6. The molecule has 0 saturated carbocycles. The average Bonchev–Trinajstić information content (AvgIpc) is 2.91. The molecule has 0 fully saturated rings. The number of aryl methyl sites for hydroxylation is 1. The Morgan fingerprint density at radius 1 is 1.41 bits per heavy atom. The molecule has 0 radical (unpaired) electrons. The number of rotatable bonds is 6. The summed E-state index contributed by atoms with van der Waals surface area (Å²) in [6, 6.07) is 9.53. The summed E-state index contributed by atoms with van der Waals surface area (Å²) in [6.07, 6.45) is 3.34. The maximum Gasteiger partial charge on any atom is 0.310 e. The van der Waals surface area contributed by atoms with Gasteiger partial charge in [0.25, 0.3) is 5.91 Å². The van der Waals surface area contributed by atoms with Gasteiger partial charge in [0.05, 0.1) is 16.8 Å². The molecule has 0 aliphatic rings. The second-order valence-electron chi connectivity index (χ2n) is 4.35. The lowest BCUT2D eigenvalue weighted by molar-refractivity contribution is -0.385. The summed E-state index contributed by atoms with van der Waals surface area (Å²) in [5, 5.41) is 14.6. The first kappa shape index (κ1) is 15.2. The number of ether oxygens (including phenoxy) is 1. The summed E-state index contributed by atoms with van der Waals surface area (Å²) in [7, 11) is 1.85. The Balaban J connectivity index is 1.87. The maximum atomic E-state index is 11.6. The molecule has 0 bridgehead atoms. The first-order valence-corrected chi connectivity index (χ1v) is 6.37. The van der Waals surface area contributed by atoms with Crippen molar-refractivity contribution in [3.8, 4) is 5.75 Å². The second kappa shape index (κ2) is 7.02. The monoisotopic (exact) mass is 302 g/mol. The van der Waals surface area contributed by atoms with E-state index in [1.165, 1.54) is 24.4 Å². The quantitative estimate of drug-likeness (QED) is 0.496. The molecule has 8 nitrogen and oxygen atoms in total. The van der Waals surface area contributed by atoms with Crippen LogP contribution in [0.2, 0.25) is 0 Å². The third-order valence-corrected chi connectivity index (χ3v) is 2.79. The molecule has 8 heteroatoms. The number of hydrazone groups is 1. The molecule has 0 spiro atoms. The van der Waals surface area contributed by atoms with Gasteiger partial charge in [-0.1, -0.05) is 12.1 Å². The fraction of sp³-hybridized carbons (Fsp3) is 0.143. The number of hydrogen-bond donors (Lipinski definition) is 1. The summed E-state index contributed by atoms with van der Waals surface area (Å²) in [6.45, 7) is -0.366. The van der Waals surface area contributed by atoms with E-state index in [2.05, 4.69) is 10.5 Å². The van der Waals surface area contributed by atoms with Crippen LogP contribution < -0.4 is 10.2 Å². The van der Waals surface area contributed by atoms with Gasteiger partial charge in [-0.15, -0.1) is 0 Å². The van der Waals surface area contributed by atoms with E-state index in [0.717, 1.165) is 5.69 Å². The number of nitro benzene ring substituents is 1. The normalized spacial score (nSPS) is 10.6. The average molecular weight is 302 g/mol. The molecular weight excluding hydrogens is 288 g/mol. The lowest BCUT2D eigenvalue weighted by Crippen LogP contribution is -2.24. The lowest BCUT2D eigenvalue weighted by Gasteiger charge is -2.05. The van der Waals surface area contributed by atoms with Crippen molar-refractivity contribution in [2.24, 2.45) is 12.1 Å². The van der Waals surface area contributed by atoms with Crippen molar-refractivity contribution >= 4 is 17.8 Å². The van der Waals surface area contributed by atoms with E-state index in [1.807, 2.05) is 29.9 Å². The van der Waals surface area contributed by atoms with Crippen LogP contribution in [-0.4, -0.2) is 28.2 Å². The lowest BCUT2D eigenvalue weighted by atomic mass is 10.3. The standard InChI is InChI=1S/C14H14N4O4/c1-17-8-4-5-11(17)9-15-16-14(19)10-22-13-7-3-2-6-12(13)18(20)21/h2-9H,10H2,1H3,(H,16,19). The topological polar surface area (TPSA) is 98.8 Å². The molecule has 1 amide bonds. The third kappa shape index (κ3) is 3.92. The van der Waals surface area contributed by atoms with E-state index in [-0.39, 0.29) is 18.0 Å². The zero-order valence-corrected chi connectivity index (χ0v) is 11.8. The van der Waals surface area contributed by atoms with Crippen LogP contribution in [0.4, 0.5) is 5.69 Å². The van der Waals surface area contributed by atoms with Crippen LogP contribution in [0.1, 0.15) is 5.69 Å². The molecule has 1 N–H and O–H groups in total. The predicted molar refractivity (Wildman–Crippen MR) is 79.7 cm³/mol. The molecule has 22 heavy (non-hydrogen) atoms. The van der Waals surface area contributed by atoms with E-state index in [4.69, 9.17) is 4.74 Å². The smallest absolute Gasteiger partial charge is 0.310 e. The van der Waals surface area contributed by atoms with Crippen LogP contribution >= 0.6 is 0 Å². The van der Waals surface area contributed by atoms with E-state index in [9.17, 15) is 14.9 Å². The van der Waals surface area contributed by atoms with Crippen molar-refractivity contribution in [1.29, 1.82) is 0 Å². The van der Waals surface area contributed by atoms with Crippen molar-refractivity contribution in [1.82, 2.24) is 9.99 Å². The number of para-hydroxylation sites is 2. The van der Waals surface area contributed by atoms with Crippen LogP contribution in [0.3, 0.4) is 0 Å². The Morgan fingerprint density at radius 3 is 2.86 bits per heavy atom. The number of amides is 1. The molecule has 1 aromatic heterocycles. The van der Waals surface area contributed by atoms with Crippen LogP contribution in [-0.2, 0) is 11.8 Å². The van der Waals surface area contributed by atoms with Crippen molar-refractivity contribution in [2.45, 2.75) is 0 Å². The summed E-state index contributed by atoms with van der Waals surface area (Å²) >= 11 is 0. The van der Waals surface area contributed by atoms with Gasteiger partial charge in [0, 0.05) is 19.3 Å². The zero-order valence-electron chi connectivity index (χ0n) is 11.8. The van der Waals surface area contributed by atoms with Crippen LogP contribution in [0, 0.1) is 10.1 Å². The minimum absolute atomic E-state index is 0.0362. The second-order valence-corrected chi connectivity index (χ2v) is 4.35. The van der Waals surface area contributed by atoms with Gasteiger partial charge in [-0.2, -0.15) is 5.10 Å². The highest BCUT2D eigenvalue weighted by Gasteiger charge is 2.14. The number of aromatic nitrogens is 1. The summed E-state index contributed by atoms with van der Waals surface area (Å²) in [5.41, 5.74) is 2.92. The highest BCUT2D eigenvalue weighted by atomic mass is 16.6. The molecule has 0 saturated heterocycles. The van der Waals surface area contributed by atoms with Crippen molar-refractivity contribution in [3.63, 3.8) is 0 Å². The van der Waals surface area contributed by atoms with Gasteiger partial charge in [-0.25, -0.2) is 5.43 Å². The summed E-state index contributed by atoms with van der Waals surface area (Å²) < 4.78 is 6.97. The first-order valence-electron chi connectivity index (χ1n) is 6.37. The Labute approximate surface area is 126 Å². The summed E-state index contributed by atoms with van der Waals surface area (Å²) in [5.74, 6) is -0.474. The van der Waals surface area contributed by atoms with Gasteiger partial charge >= 0.3 is 5.69 Å². The molecule has 0 aliphatic carbocycles. The van der Waals surface area contributed by atoms with Crippen LogP contribution in [0.5, 0.6) is 5.75 Å². The van der Waals surface area contributed by atoms with Gasteiger partial charge < -0.3 is 9.30 Å². The van der Waals surface area contributed by atoms with E-state index < -0.39 is 10.8 Å². The first-order chi connectivity index (χ1) is 10.6. The van der Waals surface area contributed by atoms with E-state index in [1.54, 1.807) is 6.07 Å². The van der Waals surface area contributed by atoms with Crippen LogP contribution in [0.25, 0.3) is 0 Å². The molecule has 1 aromatic carbocycles. The van der Waals surface area contributed by atoms with Crippen molar-refractivity contribution in [2.75, 3.05) is 6.61 Å². The molecule has 1 heterocycles. The van der Waals surface area contributed by atoms with Gasteiger partial charge in [-0.05, 0) is 18.2 Å². The molecule has 0 unspecified atom stereocenters. The highest BCUT2D eigenvalue weighted by Crippen LogP contribution is 2.25. The molecule has 2 aromatic rings. The Hall–Kier alpha value is -3.16. The fourth-order valence-corrected chi connectivity index (χ4v) is 1.68. The number of carbonyl (C=O) groups is 1. The fourth-order valence-electron chi connectivity index (χ4n) is 1.68. The van der Waals surface area contributed by atoms with E-state index in [0.29, 0.717) is 0 Å². The Kier molecular flexibility index (Phi) is 4.86. The van der Waals surface area contributed by atoms with E-state index >= 15 is 0 Å². The van der Waals surface area contributed by atoms with Crippen LogP contribution in [0.15, 0.2) is 47.7 Å². The minimum atomic E-state index is -0.569. The predicted octanol–water partition coefficient (Wildman–Crippen LogP) is 1.46. The Bertz CT molecular complexity index is 708. The van der Waals surface area contributed by atoms with Gasteiger partial charge in [0.2, 0.25) is 0 Å². The van der Waals surface area contributed by atoms with Gasteiger partial charge in [0.15, 0.2) is 12.4 Å². The number of nitrogens with zero attached hydrogens (tertiary/aromatic N) is 3. The molecule has 0 aliphatic heterocycles.